The zero-order chi connectivity index (χ0) is 25.0. The molecule has 1 aromatic carbocycles. The van der Waals surface area contributed by atoms with Crippen LogP contribution < -0.4 is 10.6 Å². The van der Waals surface area contributed by atoms with Gasteiger partial charge in [-0.3, -0.25) is 0 Å². The zero-order valence-corrected chi connectivity index (χ0v) is 22.2. The molecular formula is C30H42N4O. The second-order valence-corrected chi connectivity index (χ2v) is 10.9. The SMILES string of the molecule is CCCCc1cn(C2(CNC(=O)Nc3c(C(C)C)cccc3C(C)C)CCCC2)c2ncccc12. The molecule has 1 aliphatic rings. The van der Waals surface area contributed by atoms with Crippen molar-refractivity contribution in [3.63, 3.8) is 0 Å². The number of nitrogens with zero attached hydrogens (tertiary/aromatic N) is 2. The standard InChI is InChI=1S/C30H42N4O/c1-6-7-12-23-19-34(28-26(23)15-11-18-31-28)30(16-8-9-17-30)20-32-29(35)33-27-24(21(2)3)13-10-14-25(27)22(4)5/h10-11,13-15,18-19,21-22H,6-9,12,16-17,20H2,1-5H3,(H2,32,33,35). The number of urea groups is 1. The average Bonchev–Trinajstić information content (AvgIpc) is 3.47. The van der Waals surface area contributed by atoms with Gasteiger partial charge in [0.25, 0.3) is 0 Å². The van der Waals surface area contributed by atoms with Gasteiger partial charge in [0.1, 0.15) is 5.65 Å². The Morgan fingerprint density at radius 3 is 2.37 bits per heavy atom. The maximum absolute atomic E-state index is 13.3. The summed E-state index contributed by atoms with van der Waals surface area (Å²) >= 11 is 0. The second kappa shape index (κ2) is 10.8. The number of benzene rings is 1. The number of pyridine rings is 1. The summed E-state index contributed by atoms with van der Waals surface area (Å²) in [7, 11) is 0. The number of aromatic nitrogens is 2. The van der Waals surface area contributed by atoms with Crippen LogP contribution in [0.2, 0.25) is 0 Å². The Morgan fingerprint density at radius 1 is 1.06 bits per heavy atom. The lowest BCUT2D eigenvalue weighted by molar-refractivity contribution is 0.239. The lowest BCUT2D eigenvalue weighted by Crippen LogP contribution is -2.44. The van der Waals surface area contributed by atoms with Gasteiger partial charge in [0, 0.05) is 30.0 Å². The topological polar surface area (TPSA) is 59.0 Å². The molecule has 0 unspecified atom stereocenters. The number of hydrogen-bond acceptors (Lipinski definition) is 2. The van der Waals surface area contributed by atoms with Crippen LogP contribution in [0.3, 0.4) is 0 Å². The van der Waals surface area contributed by atoms with Crippen molar-refractivity contribution in [3.8, 4) is 0 Å². The molecule has 2 amide bonds. The third-order valence-electron chi connectivity index (χ3n) is 7.68. The minimum atomic E-state index is -0.132. The van der Waals surface area contributed by atoms with E-state index in [0.717, 1.165) is 30.6 Å². The molecule has 5 heteroatoms. The third kappa shape index (κ3) is 5.24. The molecule has 0 spiro atoms. The van der Waals surface area contributed by atoms with Gasteiger partial charge in [-0.15, -0.1) is 0 Å². The molecule has 35 heavy (non-hydrogen) atoms. The minimum Gasteiger partial charge on any atom is -0.335 e. The summed E-state index contributed by atoms with van der Waals surface area (Å²) < 4.78 is 2.39. The monoisotopic (exact) mass is 474 g/mol. The van der Waals surface area contributed by atoms with Crippen LogP contribution >= 0.6 is 0 Å². The first kappa shape index (κ1) is 25.3. The molecule has 1 saturated carbocycles. The Bertz CT molecular complexity index is 1130. The quantitative estimate of drug-likeness (QED) is 0.333. The highest BCUT2D eigenvalue weighted by atomic mass is 16.2. The lowest BCUT2D eigenvalue weighted by atomic mass is 9.92. The average molecular weight is 475 g/mol. The number of anilines is 1. The summed E-state index contributed by atoms with van der Waals surface area (Å²) in [6.07, 6.45) is 12.1. The van der Waals surface area contributed by atoms with Gasteiger partial charge in [-0.25, -0.2) is 9.78 Å². The van der Waals surface area contributed by atoms with Gasteiger partial charge in [0.05, 0.1) is 5.54 Å². The van der Waals surface area contributed by atoms with Crippen LogP contribution in [0, 0.1) is 0 Å². The smallest absolute Gasteiger partial charge is 0.319 e. The molecule has 0 bridgehead atoms. The first-order valence-corrected chi connectivity index (χ1v) is 13.5. The van der Waals surface area contributed by atoms with Gasteiger partial charge in [-0.2, -0.15) is 0 Å². The van der Waals surface area contributed by atoms with Gasteiger partial charge in [0.15, 0.2) is 0 Å². The Labute approximate surface area is 210 Å². The van der Waals surface area contributed by atoms with E-state index in [-0.39, 0.29) is 11.6 Å². The Morgan fingerprint density at radius 2 is 1.74 bits per heavy atom. The van der Waals surface area contributed by atoms with E-state index in [4.69, 9.17) is 4.98 Å². The fourth-order valence-electron chi connectivity index (χ4n) is 5.69. The number of carbonyl (C=O) groups excluding carboxylic acids is 1. The van der Waals surface area contributed by atoms with Crippen molar-refractivity contribution in [1.82, 2.24) is 14.9 Å². The maximum atomic E-state index is 13.3. The van der Waals surface area contributed by atoms with E-state index < -0.39 is 0 Å². The summed E-state index contributed by atoms with van der Waals surface area (Å²) in [5, 5.41) is 7.75. The maximum Gasteiger partial charge on any atom is 0.319 e. The predicted molar refractivity (Wildman–Crippen MR) is 146 cm³/mol. The molecule has 2 heterocycles. The van der Waals surface area contributed by atoms with Gasteiger partial charge in [0.2, 0.25) is 0 Å². The summed E-state index contributed by atoms with van der Waals surface area (Å²) in [5.41, 5.74) is 5.62. The number of aryl methyl sites for hydroxylation is 1. The third-order valence-corrected chi connectivity index (χ3v) is 7.68. The highest BCUT2D eigenvalue weighted by molar-refractivity contribution is 5.91. The fourth-order valence-corrected chi connectivity index (χ4v) is 5.69. The molecule has 0 radical (unpaired) electrons. The lowest BCUT2D eigenvalue weighted by Gasteiger charge is -2.32. The van der Waals surface area contributed by atoms with E-state index in [1.165, 1.54) is 47.8 Å². The van der Waals surface area contributed by atoms with Crippen LogP contribution in [0.5, 0.6) is 0 Å². The number of rotatable bonds is 9. The number of nitrogens with one attached hydrogen (secondary N) is 2. The van der Waals surface area contributed by atoms with Crippen molar-refractivity contribution in [1.29, 1.82) is 0 Å². The molecule has 1 aliphatic carbocycles. The van der Waals surface area contributed by atoms with Crippen molar-refractivity contribution in [2.75, 3.05) is 11.9 Å². The Balaban J connectivity index is 1.59. The van der Waals surface area contributed by atoms with Crippen LogP contribution in [0.4, 0.5) is 10.5 Å². The summed E-state index contributed by atoms with van der Waals surface area (Å²) in [4.78, 5) is 18.0. The molecule has 2 N–H and O–H groups in total. The predicted octanol–water partition coefficient (Wildman–Crippen LogP) is 7.72. The van der Waals surface area contributed by atoms with Crippen molar-refractivity contribution >= 4 is 22.8 Å². The molecular weight excluding hydrogens is 432 g/mol. The molecule has 5 nitrogen and oxygen atoms in total. The largest absolute Gasteiger partial charge is 0.335 e. The van der Waals surface area contributed by atoms with E-state index in [1.54, 1.807) is 0 Å². The molecule has 188 valence electrons. The highest BCUT2D eigenvalue weighted by Gasteiger charge is 2.37. The summed E-state index contributed by atoms with van der Waals surface area (Å²) in [6, 6.07) is 10.5. The van der Waals surface area contributed by atoms with E-state index in [0.29, 0.717) is 18.4 Å². The van der Waals surface area contributed by atoms with Gasteiger partial charge < -0.3 is 15.2 Å². The van der Waals surface area contributed by atoms with Gasteiger partial charge >= 0.3 is 6.03 Å². The van der Waals surface area contributed by atoms with E-state index in [2.05, 4.69) is 80.3 Å². The first-order valence-electron chi connectivity index (χ1n) is 13.5. The number of unbranched alkanes of at least 4 members (excludes halogenated alkanes) is 1. The van der Waals surface area contributed by atoms with Gasteiger partial charge in [-0.05, 0) is 66.3 Å². The summed E-state index contributed by atoms with van der Waals surface area (Å²) in [5.74, 6) is 0.674. The number of para-hydroxylation sites is 1. The second-order valence-electron chi connectivity index (χ2n) is 10.9. The van der Waals surface area contributed by atoms with Crippen LogP contribution in [-0.2, 0) is 12.0 Å². The van der Waals surface area contributed by atoms with Crippen LogP contribution in [0.15, 0.2) is 42.7 Å². The fraction of sp³-hybridized carbons (Fsp3) is 0.533. The molecule has 2 aromatic heterocycles. The van der Waals surface area contributed by atoms with Crippen LogP contribution in [-0.4, -0.2) is 22.1 Å². The number of carbonyl (C=O) groups is 1. The zero-order valence-electron chi connectivity index (χ0n) is 22.2. The molecule has 4 rings (SSSR count). The van der Waals surface area contributed by atoms with Crippen molar-refractivity contribution in [2.24, 2.45) is 0 Å². The number of hydrogen-bond donors (Lipinski definition) is 2. The van der Waals surface area contributed by atoms with E-state index in [1.807, 2.05) is 12.3 Å². The van der Waals surface area contributed by atoms with Crippen LogP contribution in [0.25, 0.3) is 11.0 Å². The highest BCUT2D eigenvalue weighted by Crippen LogP contribution is 2.40. The minimum absolute atomic E-state index is 0.123. The number of fused-ring (bicyclic) bond motifs is 1. The van der Waals surface area contributed by atoms with Crippen molar-refractivity contribution < 1.29 is 4.79 Å². The molecule has 0 saturated heterocycles. The molecule has 0 atom stereocenters. The Kier molecular flexibility index (Phi) is 7.83. The molecule has 0 aliphatic heterocycles. The van der Waals surface area contributed by atoms with E-state index in [9.17, 15) is 4.79 Å². The van der Waals surface area contributed by atoms with Gasteiger partial charge in [-0.1, -0.05) is 72.1 Å². The van der Waals surface area contributed by atoms with Crippen LogP contribution in [0.1, 0.15) is 102 Å². The van der Waals surface area contributed by atoms with E-state index >= 15 is 0 Å². The summed E-state index contributed by atoms with van der Waals surface area (Å²) in [6.45, 7) is 11.5. The van der Waals surface area contributed by atoms with Crippen molar-refractivity contribution in [3.05, 3.63) is 59.4 Å². The molecule has 3 aromatic rings. The molecule has 1 fully saturated rings. The first-order chi connectivity index (χ1) is 16.9. The Hall–Kier alpha value is -2.82. The number of amides is 2. The normalized spacial score (nSPS) is 15.3. The van der Waals surface area contributed by atoms with Crippen molar-refractivity contribution in [2.45, 2.75) is 96.9 Å².